The Morgan fingerprint density at radius 3 is 1.66 bits per heavy atom. The van der Waals surface area contributed by atoms with Crippen molar-refractivity contribution in [3.8, 4) is 22.3 Å². The van der Waals surface area contributed by atoms with Gasteiger partial charge in [0.2, 0.25) is 10.0 Å². The minimum Gasteiger partial charge on any atom is -0.224 e. The minimum absolute atomic E-state index is 0.302. The highest BCUT2D eigenvalue weighted by Gasteiger charge is 2.38. The van der Waals surface area contributed by atoms with Crippen molar-refractivity contribution in [1.82, 2.24) is 0 Å². The summed E-state index contributed by atoms with van der Waals surface area (Å²) in [5.74, 6) is 0. The van der Waals surface area contributed by atoms with Crippen LogP contribution in [0.1, 0.15) is 11.1 Å². The number of hydrogen-bond acceptors (Lipinski definition) is 3. The normalized spacial score (nSPS) is 12.9. The summed E-state index contributed by atoms with van der Waals surface area (Å²) in [6, 6.07) is 8.29. The van der Waals surface area contributed by atoms with Crippen molar-refractivity contribution in [3.05, 3.63) is 65.0 Å². The van der Waals surface area contributed by atoms with E-state index >= 15 is 0 Å². The predicted octanol–water partition coefficient (Wildman–Crippen LogP) is 5.77. The van der Waals surface area contributed by atoms with Gasteiger partial charge in [-0.05, 0) is 23.3 Å². The van der Waals surface area contributed by atoms with E-state index in [1.165, 1.54) is 12.1 Å². The quantitative estimate of drug-likeness (QED) is 0.514. The van der Waals surface area contributed by atoms with Gasteiger partial charge in [-0.1, -0.05) is 36.4 Å². The molecule has 3 aromatic rings. The topological polar surface area (TPSA) is 60.2 Å². The minimum atomic E-state index is -4.87. The zero-order valence-corrected chi connectivity index (χ0v) is 15.8. The number of thiophene rings is 1. The van der Waals surface area contributed by atoms with Crippen LogP contribution in [0.25, 0.3) is 22.3 Å². The first kappa shape index (κ1) is 21.3. The molecule has 0 spiro atoms. The van der Waals surface area contributed by atoms with Gasteiger partial charge in [-0.3, -0.25) is 0 Å². The number of sulfonamides is 1. The Morgan fingerprint density at radius 1 is 0.724 bits per heavy atom. The van der Waals surface area contributed by atoms with E-state index in [2.05, 4.69) is 0 Å². The second-order valence-corrected chi connectivity index (χ2v) is 8.58. The van der Waals surface area contributed by atoms with Gasteiger partial charge in [0.05, 0.1) is 11.1 Å². The predicted molar refractivity (Wildman–Crippen MR) is 96.6 cm³/mol. The van der Waals surface area contributed by atoms with Crippen LogP contribution < -0.4 is 5.14 Å². The Balaban J connectivity index is 2.44. The van der Waals surface area contributed by atoms with Crippen LogP contribution in [0.15, 0.2) is 58.1 Å². The van der Waals surface area contributed by atoms with Crippen molar-refractivity contribution in [2.45, 2.75) is 16.6 Å². The van der Waals surface area contributed by atoms with Crippen molar-refractivity contribution >= 4 is 21.4 Å². The van der Waals surface area contributed by atoms with Gasteiger partial charge in [0.25, 0.3) is 0 Å². The molecule has 0 saturated heterocycles. The number of hydrogen-bond donors (Lipinski definition) is 1. The molecule has 2 N–H and O–H groups in total. The van der Waals surface area contributed by atoms with Gasteiger partial charge in [-0.25, -0.2) is 13.6 Å². The third kappa shape index (κ3) is 4.16. The molecule has 3 nitrogen and oxygen atoms in total. The molecule has 0 aliphatic rings. The van der Waals surface area contributed by atoms with E-state index in [0.717, 1.165) is 41.8 Å². The molecule has 154 valence electrons. The van der Waals surface area contributed by atoms with Crippen molar-refractivity contribution in [3.63, 3.8) is 0 Å². The molecule has 1 aromatic heterocycles. The molecular formula is C18H11F6NO2S2. The van der Waals surface area contributed by atoms with Crippen LogP contribution in [0.4, 0.5) is 26.3 Å². The Bertz CT molecular complexity index is 1160. The van der Waals surface area contributed by atoms with E-state index in [4.69, 9.17) is 5.14 Å². The molecule has 3 rings (SSSR count). The summed E-state index contributed by atoms with van der Waals surface area (Å²) in [7, 11) is -4.51. The second-order valence-electron chi connectivity index (χ2n) is 5.94. The largest absolute Gasteiger partial charge is 0.417 e. The van der Waals surface area contributed by atoms with Gasteiger partial charge in [-0.2, -0.15) is 26.3 Å². The first-order valence-corrected chi connectivity index (χ1v) is 10.2. The van der Waals surface area contributed by atoms with Crippen LogP contribution in [0.5, 0.6) is 0 Å². The van der Waals surface area contributed by atoms with Crippen LogP contribution >= 0.6 is 11.3 Å². The molecule has 0 atom stereocenters. The molecule has 0 aliphatic carbocycles. The van der Waals surface area contributed by atoms with Gasteiger partial charge in [0.15, 0.2) is 0 Å². The summed E-state index contributed by atoms with van der Waals surface area (Å²) in [6.07, 6.45) is -9.67. The monoisotopic (exact) mass is 451 g/mol. The van der Waals surface area contributed by atoms with Crippen molar-refractivity contribution in [1.29, 1.82) is 0 Å². The molecule has 0 saturated carbocycles. The summed E-state index contributed by atoms with van der Waals surface area (Å²) in [4.78, 5) is 0. The lowest BCUT2D eigenvalue weighted by Gasteiger charge is -2.17. The number of rotatable bonds is 3. The molecule has 1 heterocycles. The fourth-order valence-corrected chi connectivity index (χ4v) is 4.91. The van der Waals surface area contributed by atoms with Gasteiger partial charge < -0.3 is 0 Å². The SMILES string of the molecule is NS(=O)(=O)c1scc(-c2ccccc2C(F)(F)F)c1-c1ccccc1C(F)(F)F. The van der Waals surface area contributed by atoms with Crippen LogP contribution in [0.2, 0.25) is 0 Å². The molecule has 0 bridgehead atoms. The zero-order valence-electron chi connectivity index (χ0n) is 14.2. The molecule has 0 aliphatic heterocycles. The maximum Gasteiger partial charge on any atom is 0.417 e. The van der Waals surface area contributed by atoms with E-state index in [1.54, 1.807) is 0 Å². The smallest absolute Gasteiger partial charge is 0.224 e. The molecule has 0 radical (unpaired) electrons. The Morgan fingerprint density at radius 2 is 1.17 bits per heavy atom. The fraction of sp³-hybridized carbons (Fsp3) is 0.111. The van der Waals surface area contributed by atoms with Gasteiger partial charge in [-0.15, -0.1) is 11.3 Å². The first-order chi connectivity index (χ1) is 13.3. The summed E-state index contributed by atoms with van der Waals surface area (Å²) in [5.41, 5.74) is -4.13. The van der Waals surface area contributed by atoms with E-state index in [1.807, 2.05) is 0 Å². The van der Waals surface area contributed by atoms with Crippen LogP contribution in [0, 0.1) is 0 Å². The van der Waals surface area contributed by atoms with Gasteiger partial charge in [0, 0.05) is 16.5 Å². The lowest BCUT2D eigenvalue weighted by atomic mass is 9.92. The number of primary sulfonamides is 1. The number of alkyl halides is 6. The highest BCUT2D eigenvalue weighted by molar-refractivity contribution is 7.91. The zero-order chi connectivity index (χ0) is 21.6. The lowest BCUT2D eigenvalue weighted by molar-refractivity contribution is -0.138. The third-order valence-electron chi connectivity index (χ3n) is 4.04. The Hall–Kier alpha value is -2.37. The van der Waals surface area contributed by atoms with E-state index in [9.17, 15) is 34.8 Å². The first-order valence-electron chi connectivity index (χ1n) is 7.79. The molecular weight excluding hydrogens is 440 g/mol. The Kier molecular flexibility index (Phi) is 5.26. The van der Waals surface area contributed by atoms with Crippen LogP contribution in [-0.2, 0) is 22.4 Å². The standard InChI is InChI=1S/C18H11F6NO2S2/c19-17(20,21)13-7-3-1-5-10(13)12-9-28-16(29(25,26)27)15(12)11-6-2-4-8-14(11)18(22,23)24/h1-9H,(H2,25,26,27). The Labute approximate surface area is 165 Å². The summed E-state index contributed by atoms with van der Waals surface area (Å²) < 4.78 is 104. The van der Waals surface area contributed by atoms with Gasteiger partial charge in [0.1, 0.15) is 4.21 Å². The lowest BCUT2D eigenvalue weighted by Crippen LogP contribution is -2.13. The van der Waals surface area contributed by atoms with E-state index < -0.39 is 54.4 Å². The second kappa shape index (κ2) is 7.15. The third-order valence-corrected chi connectivity index (χ3v) is 6.52. The maximum atomic E-state index is 13.5. The van der Waals surface area contributed by atoms with Crippen molar-refractivity contribution in [2.24, 2.45) is 5.14 Å². The average molecular weight is 451 g/mol. The van der Waals surface area contributed by atoms with E-state index in [0.29, 0.717) is 11.3 Å². The molecule has 2 aromatic carbocycles. The highest BCUT2D eigenvalue weighted by Crippen LogP contribution is 2.48. The van der Waals surface area contributed by atoms with Crippen LogP contribution in [-0.4, -0.2) is 8.42 Å². The molecule has 0 fully saturated rings. The number of benzene rings is 2. The summed E-state index contributed by atoms with van der Waals surface area (Å²) >= 11 is 0.464. The van der Waals surface area contributed by atoms with Gasteiger partial charge >= 0.3 is 12.4 Å². The van der Waals surface area contributed by atoms with Crippen LogP contribution in [0.3, 0.4) is 0 Å². The molecule has 29 heavy (non-hydrogen) atoms. The maximum absolute atomic E-state index is 13.5. The number of nitrogens with two attached hydrogens (primary N) is 1. The summed E-state index contributed by atoms with van der Waals surface area (Å²) in [6.45, 7) is 0. The van der Waals surface area contributed by atoms with Crippen molar-refractivity contribution < 1.29 is 34.8 Å². The van der Waals surface area contributed by atoms with Crippen molar-refractivity contribution in [2.75, 3.05) is 0 Å². The molecule has 0 unspecified atom stereocenters. The molecule has 0 amide bonds. The van der Waals surface area contributed by atoms with E-state index in [-0.39, 0.29) is 5.56 Å². The average Bonchev–Trinajstić information content (AvgIpc) is 3.05. The molecule has 11 heteroatoms. The fourth-order valence-electron chi connectivity index (χ4n) is 2.92. The summed E-state index contributed by atoms with van der Waals surface area (Å²) in [5, 5.41) is 6.21. The number of halogens is 6. The highest BCUT2D eigenvalue weighted by atomic mass is 32.2.